The maximum atomic E-state index is 12.9. The lowest BCUT2D eigenvalue weighted by molar-refractivity contribution is -0.129. The summed E-state index contributed by atoms with van der Waals surface area (Å²) in [5.74, 6) is -1.35. The zero-order valence-corrected chi connectivity index (χ0v) is 10.0. The third-order valence-corrected chi connectivity index (χ3v) is 2.35. The predicted octanol–water partition coefficient (Wildman–Crippen LogP) is 0.00620. The van der Waals surface area contributed by atoms with Crippen LogP contribution in [0.15, 0.2) is 24.3 Å². The van der Waals surface area contributed by atoms with Crippen LogP contribution >= 0.6 is 0 Å². The number of rotatable bonds is 5. The van der Waals surface area contributed by atoms with E-state index < -0.39 is 11.7 Å². The van der Waals surface area contributed by atoms with Crippen LogP contribution < -0.4 is 5.32 Å². The van der Waals surface area contributed by atoms with Gasteiger partial charge in [0.1, 0.15) is 5.82 Å². The summed E-state index contributed by atoms with van der Waals surface area (Å²) in [6, 6.07) is 5.21. The molecule has 1 aromatic rings. The van der Waals surface area contributed by atoms with Crippen molar-refractivity contribution in [3.63, 3.8) is 0 Å². The van der Waals surface area contributed by atoms with Gasteiger partial charge in [-0.15, -0.1) is 0 Å². The zero-order valence-electron chi connectivity index (χ0n) is 10.0. The molecule has 0 atom stereocenters. The first-order valence-electron chi connectivity index (χ1n) is 5.43. The number of amides is 2. The highest BCUT2D eigenvalue weighted by atomic mass is 19.1. The highest BCUT2D eigenvalue weighted by Crippen LogP contribution is 2.02. The third-order valence-electron chi connectivity index (χ3n) is 2.35. The lowest BCUT2D eigenvalue weighted by Gasteiger charge is -2.15. The monoisotopic (exact) mass is 254 g/mol. The van der Waals surface area contributed by atoms with Gasteiger partial charge in [-0.1, -0.05) is 6.07 Å². The SMILES string of the molecule is CN(CCO)C(=O)CNC(=O)c1cccc(F)c1. The molecule has 0 fully saturated rings. The van der Waals surface area contributed by atoms with Gasteiger partial charge in [0.05, 0.1) is 13.2 Å². The van der Waals surface area contributed by atoms with Crippen LogP contribution in [0.4, 0.5) is 4.39 Å². The molecule has 98 valence electrons. The molecule has 0 saturated heterocycles. The van der Waals surface area contributed by atoms with Crippen molar-refractivity contribution in [1.82, 2.24) is 10.2 Å². The molecule has 0 radical (unpaired) electrons. The van der Waals surface area contributed by atoms with Crippen molar-refractivity contribution in [2.75, 3.05) is 26.7 Å². The Morgan fingerprint density at radius 3 is 2.78 bits per heavy atom. The minimum absolute atomic E-state index is 0.139. The number of nitrogens with zero attached hydrogens (tertiary/aromatic N) is 1. The number of benzene rings is 1. The quantitative estimate of drug-likeness (QED) is 0.777. The number of nitrogens with one attached hydrogen (secondary N) is 1. The van der Waals surface area contributed by atoms with Gasteiger partial charge in [-0.05, 0) is 18.2 Å². The molecule has 2 N–H and O–H groups in total. The molecule has 18 heavy (non-hydrogen) atoms. The topological polar surface area (TPSA) is 69.6 Å². The molecule has 0 saturated carbocycles. The molecule has 0 unspecified atom stereocenters. The molecule has 2 amide bonds. The molecular weight excluding hydrogens is 239 g/mol. The second kappa shape index (κ2) is 6.70. The van der Waals surface area contributed by atoms with E-state index in [1.54, 1.807) is 0 Å². The number of hydrogen-bond donors (Lipinski definition) is 2. The van der Waals surface area contributed by atoms with Crippen molar-refractivity contribution in [3.8, 4) is 0 Å². The molecule has 0 bridgehead atoms. The first-order valence-corrected chi connectivity index (χ1v) is 5.43. The summed E-state index contributed by atoms with van der Waals surface area (Å²) in [6.07, 6.45) is 0. The Balaban J connectivity index is 2.49. The van der Waals surface area contributed by atoms with Crippen LogP contribution in [-0.2, 0) is 4.79 Å². The summed E-state index contributed by atoms with van der Waals surface area (Å²) in [6.45, 7) is -0.124. The Labute approximate surface area is 104 Å². The van der Waals surface area contributed by atoms with Crippen LogP contribution in [0.5, 0.6) is 0 Å². The molecule has 1 aromatic carbocycles. The summed E-state index contributed by atoms with van der Waals surface area (Å²) >= 11 is 0. The fourth-order valence-electron chi connectivity index (χ4n) is 1.30. The second-order valence-corrected chi connectivity index (χ2v) is 3.73. The molecular formula is C12H15FN2O3. The number of carbonyl (C=O) groups excluding carboxylic acids is 2. The van der Waals surface area contributed by atoms with Crippen molar-refractivity contribution < 1.29 is 19.1 Å². The molecule has 6 heteroatoms. The summed E-state index contributed by atoms with van der Waals surface area (Å²) in [5, 5.41) is 11.0. The van der Waals surface area contributed by atoms with Crippen LogP contribution in [0.25, 0.3) is 0 Å². The van der Waals surface area contributed by atoms with Gasteiger partial charge < -0.3 is 15.3 Å². The van der Waals surface area contributed by atoms with Crippen LogP contribution in [-0.4, -0.2) is 48.6 Å². The van der Waals surface area contributed by atoms with Crippen molar-refractivity contribution in [2.45, 2.75) is 0 Å². The van der Waals surface area contributed by atoms with Crippen LogP contribution in [0.3, 0.4) is 0 Å². The molecule has 0 spiro atoms. The van der Waals surface area contributed by atoms with Gasteiger partial charge >= 0.3 is 0 Å². The average molecular weight is 254 g/mol. The van der Waals surface area contributed by atoms with Crippen LogP contribution in [0, 0.1) is 5.82 Å². The largest absolute Gasteiger partial charge is 0.395 e. The summed E-state index contributed by atoms with van der Waals surface area (Å²) in [4.78, 5) is 24.3. The maximum absolute atomic E-state index is 12.9. The van der Waals surface area contributed by atoms with E-state index in [2.05, 4.69) is 5.32 Å². The van der Waals surface area contributed by atoms with Gasteiger partial charge in [-0.2, -0.15) is 0 Å². The average Bonchev–Trinajstić information content (AvgIpc) is 2.35. The van der Waals surface area contributed by atoms with E-state index in [0.29, 0.717) is 0 Å². The van der Waals surface area contributed by atoms with E-state index in [1.165, 1.54) is 30.1 Å². The molecule has 0 aliphatic carbocycles. The second-order valence-electron chi connectivity index (χ2n) is 3.73. The van der Waals surface area contributed by atoms with E-state index in [9.17, 15) is 14.0 Å². The summed E-state index contributed by atoms with van der Waals surface area (Å²) < 4.78 is 12.9. The maximum Gasteiger partial charge on any atom is 0.251 e. The highest BCUT2D eigenvalue weighted by molar-refractivity contribution is 5.96. The lowest BCUT2D eigenvalue weighted by atomic mass is 10.2. The minimum Gasteiger partial charge on any atom is -0.395 e. The fraction of sp³-hybridized carbons (Fsp3) is 0.333. The molecule has 0 aliphatic heterocycles. The van der Waals surface area contributed by atoms with Gasteiger partial charge in [-0.3, -0.25) is 9.59 Å². The van der Waals surface area contributed by atoms with E-state index in [4.69, 9.17) is 5.11 Å². The number of halogens is 1. The molecule has 1 rings (SSSR count). The molecule has 0 aliphatic rings. The molecule has 0 aromatic heterocycles. The Hall–Kier alpha value is -1.95. The first kappa shape index (κ1) is 14.1. The van der Waals surface area contributed by atoms with Gasteiger partial charge in [0.15, 0.2) is 0 Å². The zero-order chi connectivity index (χ0) is 13.5. The van der Waals surface area contributed by atoms with Crippen LogP contribution in [0.2, 0.25) is 0 Å². The van der Waals surface area contributed by atoms with Gasteiger partial charge in [-0.25, -0.2) is 4.39 Å². The van der Waals surface area contributed by atoms with Crippen LogP contribution in [0.1, 0.15) is 10.4 Å². The van der Waals surface area contributed by atoms with E-state index in [-0.39, 0.29) is 31.2 Å². The number of hydrogen-bond acceptors (Lipinski definition) is 3. The predicted molar refractivity (Wildman–Crippen MR) is 63.5 cm³/mol. The number of aliphatic hydroxyl groups excluding tert-OH is 1. The van der Waals surface area contributed by atoms with Crippen molar-refractivity contribution in [3.05, 3.63) is 35.6 Å². The summed E-state index contributed by atoms with van der Waals surface area (Å²) in [7, 11) is 1.52. The first-order chi connectivity index (χ1) is 8.54. The number of aliphatic hydroxyl groups is 1. The standard InChI is InChI=1S/C12H15FN2O3/c1-15(5-6-16)11(17)8-14-12(18)9-3-2-4-10(13)7-9/h2-4,7,16H,5-6,8H2,1H3,(H,14,18). The molecule has 0 heterocycles. The highest BCUT2D eigenvalue weighted by Gasteiger charge is 2.11. The fourth-order valence-corrected chi connectivity index (χ4v) is 1.30. The van der Waals surface area contributed by atoms with Gasteiger partial charge in [0.2, 0.25) is 5.91 Å². The normalized spacial score (nSPS) is 9.94. The Morgan fingerprint density at radius 1 is 1.44 bits per heavy atom. The minimum atomic E-state index is -0.514. The van der Waals surface area contributed by atoms with Gasteiger partial charge in [0.25, 0.3) is 5.91 Å². The summed E-state index contributed by atoms with van der Waals surface area (Å²) in [5.41, 5.74) is 0.160. The molecule has 5 nitrogen and oxygen atoms in total. The Kier molecular flexibility index (Phi) is 5.26. The Bertz CT molecular complexity index is 437. The van der Waals surface area contributed by atoms with Gasteiger partial charge in [0, 0.05) is 19.2 Å². The van der Waals surface area contributed by atoms with E-state index in [1.807, 2.05) is 0 Å². The van der Waals surface area contributed by atoms with Crippen molar-refractivity contribution >= 4 is 11.8 Å². The number of carbonyl (C=O) groups is 2. The smallest absolute Gasteiger partial charge is 0.251 e. The number of likely N-dealkylation sites (N-methyl/N-ethyl adjacent to an activating group) is 1. The lowest BCUT2D eigenvalue weighted by Crippen LogP contribution is -2.39. The van der Waals surface area contributed by atoms with E-state index in [0.717, 1.165) is 6.07 Å². The van der Waals surface area contributed by atoms with Crippen molar-refractivity contribution in [1.29, 1.82) is 0 Å². The third kappa shape index (κ3) is 4.14. The van der Waals surface area contributed by atoms with Crippen molar-refractivity contribution in [2.24, 2.45) is 0 Å². The Morgan fingerprint density at radius 2 is 2.17 bits per heavy atom. The van der Waals surface area contributed by atoms with E-state index >= 15 is 0 Å².